The molecule has 0 bridgehead atoms. The van der Waals surface area contributed by atoms with Crippen LogP contribution < -0.4 is 4.90 Å². The first-order valence-electron chi connectivity index (χ1n) is 8.58. The fraction of sp³-hybridized carbons (Fsp3) is 0.200. The number of halogens is 1. The van der Waals surface area contributed by atoms with Gasteiger partial charge in [-0.1, -0.05) is 11.6 Å². The number of hydrogen-bond acceptors (Lipinski definition) is 5. The first kappa shape index (κ1) is 17.4. The minimum Gasteiger partial charge on any atom is -0.459 e. The molecule has 27 heavy (non-hydrogen) atoms. The van der Waals surface area contributed by atoms with Gasteiger partial charge >= 0.3 is 0 Å². The second-order valence-corrected chi connectivity index (χ2v) is 6.65. The summed E-state index contributed by atoms with van der Waals surface area (Å²) in [6, 6.07) is 12.4. The third-order valence-electron chi connectivity index (χ3n) is 4.61. The summed E-state index contributed by atoms with van der Waals surface area (Å²) in [5.74, 6) is 1.14. The first-order valence-corrected chi connectivity index (χ1v) is 8.96. The van der Waals surface area contributed by atoms with Crippen LogP contribution in [0.25, 0.3) is 11.3 Å². The molecule has 2 aromatic heterocycles. The highest BCUT2D eigenvalue weighted by molar-refractivity contribution is 6.33. The standard InChI is InChI=1S/C20H17ClN2O4/c21-16-12-14(18-6-4-15(13-24)27-18)3-5-17(16)22-7-9-23(10-8-22)20(25)19-2-1-11-26-19/h1-6,11-13H,7-10H2. The van der Waals surface area contributed by atoms with Gasteiger partial charge in [-0.05, 0) is 42.5 Å². The SMILES string of the molecule is O=Cc1ccc(-c2ccc(N3CCN(C(=O)c4ccco4)CC3)c(Cl)c2)o1. The molecule has 1 fully saturated rings. The second-order valence-electron chi connectivity index (χ2n) is 6.24. The zero-order chi connectivity index (χ0) is 18.8. The van der Waals surface area contributed by atoms with Gasteiger partial charge in [-0.2, -0.15) is 0 Å². The highest BCUT2D eigenvalue weighted by atomic mass is 35.5. The van der Waals surface area contributed by atoms with E-state index in [2.05, 4.69) is 4.90 Å². The van der Waals surface area contributed by atoms with Crippen LogP contribution in [0.15, 0.2) is 57.6 Å². The Morgan fingerprint density at radius 1 is 1.07 bits per heavy atom. The van der Waals surface area contributed by atoms with Crippen LogP contribution in [0.1, 0.15) is 21.1 Å². The van der Waals surface area contributed by atoms with E-state index in [1.807, 2.05) is 18.2 Å². The summed E-state index contributed by atoms with van der Waals surface area (Å²) in [6.45, 7) is 2.56. The van der Waals surface area contributed by atoms with Gasteiger partial charge in [-0.15, -0.1) is 0 Å². The highest BCUT2D eigenvalue weighted by Gasteiger charge is 2.24. The number of amides is 1. The maximum Gasteiger partial charge on any atom is 0.289 e. The van der Waals surface area contributed by atoms with Crippen LogP contribution in [0.5, 0.6) is 0 Å². The van der Waals surface area contributed by atoms with E-state index in [1.54, 1.807) is 29.2 Å². The van der Waals surface area contributed by atoms with Crippen molar-refractivity contribution in [3.63, 3.8) is 0 Å². The van der Waals surface area contributed by atoms with Gasteiger partial charge in [0.05, 0.1) is 17.0 Å². The molecule has 0 atom stereocenters. The van der Waals surface area contributed by atoms with E-state index in [-0.39, 0.29) is 11.7 Å². The predicted octanol–water partition coefficient (Wildman–Crippen LogP) is 3.97. The van der Waals surface area contributed by atoms with Crippen molar-refractivity contribution in [1.82, 2.24) is 4.90 Å². The van der Waals surface area contributed by atoms with Crippen LogP contribution in [0.3, 0.4) is 0 Å². The minimum absolute atomic E-state index is 0.0927. The molecule has 4 rings (SSSR count). The Labute approximate surface area is 160 Å². The van der Waals surface area contributed by atoms with Gasteiger partial charge in [0.25, 0.3) is 5.91 Å². The second kappa shape index (κ2) is 7.32. The molecule has 1 aromatic carbocycles. The minimum atomic E-state index is -0.0927. The lowest BCUT2D eigenvalue weighted by molar-refractivity contribution is 0.0714. The summed E-state index contributed by atoms with van der Waals surface area (Å²) in [7, 11) is 0. The van der Waals surface area contributed by atoms with Crippen LogP contribution in [0.4, 0.5) is 5.69 Å². The number of nitrogens with zero attached hydrogens (tertiary/aromatic N) is 2. The zero-order valence-electron chi connectivity index (χ0n) is 14.4. The molecule has 0 spiro atoms. The van der Waals surface area contributed by atoms with Crippen LogP contribution in [0.2, 0.25) is 5.02 Å². The summed E-state index contributed by atoms with van der Waals surface area (Å²) in [6.07, 6.45) is 2.17. The zero-order valence-corrected chi connectivity index (χ0v) is 15.2. The fourth-order valence-electron chi connectivity index (χ4n) is 3.19. The lowest BCUT2D eigenvalue weighted by atomic mass is 10.1. The smallest absolute Gasteiger partial charge is 0.289 e. The quantitative estimate of drug-likeness (QED) is 0.637. The third-order valence-corrected chi connectivity index (χ3v) is 4.92. The molecular formula is C20H17ClN2O4. The van der Waals surface area contributed by atoms with Crippen LogP contribution in [-0.4, -0.2) is 43.3 Å². The van der Waals surface area contributed by atoms with E-state index in [4.69, 9.17) is 20.4 Å². The van der Waals surface area contributed by atoms with E-state index < -0.39 is 0 Å². The van der Waals surface area contributed by atoms with Gasteiger partial charge < -0.3 is 18.6 Å². The first-order chi connectivity index (χ1) is 13.2. The molecular weight excluding hydrogens is 368 g/mol. The van der Waals surface area contributed by atoms with E-state index >= 15 is 0 Å². The number of piperazine rings is 1. The number of carbonyl (C=O) groups is 2. The molecule has 0 N–H and O–H groups in total. The lowest BCUT2D eigenvalue weighted by Crippen LogP contribution is -2.48. The van der Waals surface area contributed by atoms with Gasteiger partial charge in [0.1, 0.15) is 5.76 Å². The molecule has 0 saturated carbocycles. The Bertz CT molecular complexity index is 956. The monoisotopic (exact) mass is 384 g/mol. The largest absolute Gasteiger partial charge is 0.459 e. The van der Waals surface area contributed by atoms with E-state index in [0.717, 1.165) is 11.3 Å². The Morgan fingerprint density at radius 2 is 1.89 bits per heavy atom. The molecule has 1 aliphatic heterocycles. The number of rotatable bonds is 4. The maximum absolute atomic E-state index is 12.4. The molecule has 0 unspecified atom stereocenters. The van der Waals surface area contributed by atoms with Crippen molar-refractivity contribution in [2.24, 2.45) is 0 Å². The Morgan fingerprint density at radius 3 is 2.52 bits per heavy atom. The van der Waals surface area contributed by atoms with Crippen molar-refractivity contribution >= 4 is 29.5 Å². The third kappa shape index (κ3) is 3.48. The van der Waals surface area contributed by atoms with E-state index in [1.165, 1.54) is 6.26 Å². The number of furan rings is 2. The number of carbonyl (C=O) groups excluding carboxylic acids is 2. The van der Waals surface area contributed by atoms with Crippen molar-refractivity contribution < 1.29 is 18.4 Å². The van der Waals surface area contributed by atoms with Crippen molar-refractivity contribution in [3.05, 3.63) is 65.3 Å². The Hall–Kier alpha value is -2.99. The van der Waals surface area contributed by atoms with Crippen LogP contribution >= 0.6 is 11.6 Å². The van der Waals surface area contributed by atoms with Crippen molar-refractivity contribution in [2.75, 3.05) is 31.1 Å². The van der Waals surface area contributed by atoms with Crippen molar-refractivity contribution in [1.29, 1.82) is 0 Å². The molecule has 3 aromatic rings. The number of anilines is 1. The highest BCUT2D eigenvalue weighted by Crippen LogP contribution is 2.32. The average Bonchev–Trinajstić information content (AvgIpc) is 3.39. The predicted molar refractivity (Wildman–Crippen MR) is 101 cm³/mol. The van der Waals surface area contributed by atoms with E-state index in [0.29, 0.717) is 49.0 Å². The number of hydrogen-bond donors (Lipinski definition) is 0. The van der Waals surface area contributed by atoms with Gasteiger partial charge in [0, 0.05) is 31.7 Å². The molecule has 7 heteroatoms. The number of benzene rings is 1. The Kier molecular flexibility index (Phi) is 4.73. The van der Waals surface area contributed by atoms with Crippen molar-refractivity contribution in [2.45, 2.75) is 0 Å². The summed E-state index contributed by atoms with van der Waals surface area (Å²) in [5, 5.41) is 0.599. The molecule has 1 aliphatic rings. The van der Waals surface area contributed by atoms with Gasteiger partial charge in [-0.25, -0.2) is 0 Å². The molecule has 1 saturated heterocycles. The summed E-state index contributed by atoms with van der Waals surface area (Å²) >= 11 is 6.49. The normalized spacial score (nSPS) is 14.4. The topological polar surface area (TPSA) is 66.9 Å². The summed E-state index contributed by atoms with van der Waals surface area (Å²) < 4.78 is 10.6. The number of aldehydes is 1. The average molecular weight is 385 g/mol. The maximum atomic E-state index is 12.4. The molecule has 6 nitrogen and oxygen atoms in total. The molecule has 1 amide bonds. The van der Waals surface area contributed by atoms with Crippen LogP contribution in [-0.2, 0) is 0 Å². The molecule has 138 valence electrons. The van der Waals surface area contributed by atoms with Crippen LogP contribution in [0, 0.1) is 0 Å². The Balaban J connectivity index is 1.45. The van der Waals surface area contributed by atoms with Gasteiger partial charge in [-0.3, -0.25) is 9.59 Å². The van der Waals surface area contributed by atoms with Gasteiger partial charge in [0.15, 0.2) is 17.8 Å². The molecule has 0 radical (unpaired) electrons. The van der Waals surface area contributed by atoms with E-state index in [9.17, 15) is 9.59 Å². The van der Waals surface area contributed by atoms with Crippen molar-refractivity contribution in [3.8, 4) is 11.3 Å². The lowest BCUT2D eigenvalue weighted by Gasteiger charge is -2.36. The summed E-state index contributed by atoms with van der Waals surface area (Å²) in [4.78, 5) is 27.0. The fourth-order valence-corrected chi connectivity index (χ4v) is 3.49. The summed E-state index contributed by atoms with van der Waals surface area (Å²) in [5.41, 5.74) is 1.72. The molecule has 0 aliphatic carbocycles. The van der Waals surface area contributed by atoms with Gasteiger partial charge in [0.2, 0.25) is 0 Å². The molecule has 3 heterocycles.